The molecule has 31 heavy (non-hydrogen) atoms. The average molecular weight is 443 g/mol. The molecule has 2 fully saturated rings. The minimum atomic E-state index is -4.33. The van der Waals surface area contributed by atoms with Crippen LogP contribution in [0.2, 0.25) is 0 Å². The van der Waals surface area contributed by atoms with Crippen molar-refractivity contribution in [1.82, 2.24) is 4.90 Å². The van der Waals surface area contributed by atoms with E-state index in [1.54, 1.807) is 6.07 Å². The molecule has 1 aromatic rings. The number of hydrogen-bond donors (Lipinski definition) is 1. The SMILES string of the molecule is CC(C)(C)C1CCC(OC[C@H](O)CN2CCN(c3cccc(C(F)(F)F)c3)CC2)CC1. The number of ether oxygens (including phenoxy) is 1. The van der Waals surface area contributed by atoms with Crippen molar-refractivity contribution in [2.24, 2.45) is 11.3 Å². The molecule has 0 aromatic heterocycles. The van der Waals surface area contributed by atoms with Crippen LogP contribution in [0.25, 0.3) is 0 Å². The lowest BCUT2D eigenvalue weighted by Crippen LogP contribution is -2.49. The van der Waals surface area contributed by atoms with Gasteiger partial charge in [0.1, 0.15) is 0 Å². The van der Waals surface area contributed by atoms with Crippen molar-refractivity contribution in [3.05, 3.63) is 29.8 Å². The molecule has 2 aliphatic rings. The number of anilines is 1. The summed E-state index contributed by atoms with van der Waals surface area (Å²) in [6, 6.07) is 5.50. The van der Waals surface area contributed by atoms with Gasteiger partial charge in [-0.3, -0.25) is 4.90 Å². The number of nitrogens with zero attached hydrogens (tertiary/aromatic N) is 2. The molecule has 7 heteroatoms. The predicted octanol–water partition coefficient (Wildman–Crippen LogP) is 4.81. The minimum Gasteiger partial charge on any atom is -0.389 e. The average Bonchev–Trinajstić information content (AvgIpc) is 2.72. The van der Waals surface area contributed by atoms with Gasteiger partial charge in [0.2, 0.25) is 0 Å². The van der Waals surface area contributed by atoms with E-state index in [1.807, 2.05) is 4.90 Å². The number of halogens is 3. The van der Waals surface area contributed by atoms with E-state index in [-0.39, 0.29) is 6.10 Å². The molecule has 1 aliphatic carbocycles. The number of benzene rings is 1. The molecule has 0 radical (unpaired) electrons. The van der Waals surface area contributed by atoms with E-state index in [1.165, 1.54) is 25.0 Å². The predicted molar refractivity (Wildman–Crippen MR) is 117 cm³/mol. The highest BCUT2D eigenvalue weighted by atomic mass is 19.4. The molecule has 3 rings (SSSR count). The first-order valence-electron chi connectivity index (χ1n) is 11.5. The molecule has 1 aromatic carbocycles. The van der Waals surface area contributed by atoms with Crippen LogP contribution in [0.4, 0.5) is 18.9 Å². The molecule has 1 heterocycles. The van der Waals surface area contributed by atoms with E-state index < -0.39 is 17.8 Å². The van der Waals surface area contributed by atoms with E-state index in [2.05, 4.69) is 25.7 Å². The largest absolute Gasteiger partial charge is 0.416 e. The maximum atomic E-state index is 13.0. The molecule has 4 nitrogen and oxygen atoms in total. The summed E-state index contributed by atoms with van der Waals surface area (Å²) in [5.41, 5.74) is 0.335. The Morgan fingerprint density at radius 1 is 1.03 bits per heavy atom. The topological polar surface area (TPSA) is 35.9 Å². The molecule has 176 valence electrons. The second kappa shape index (κ2) is 10.1. The summed E-state index contributed by atoms with van der Waals surface area (Å²) in [4.78, 5) is 4.14. The maximum Gasteiger partial charge on any atom is 0.416 e. The molecule has 1 aliphatic heterocycles. The smallest absolute Gasteiger partial charge is 0.389 e. The van der Waals surface area contributed by atoms with Gasteiger partial charge in [-0.15, -0.1) is 0 Å². The summed E-state index contributed by atoms with van der Waals surface area (Å²) < 4.78 is 44.8. The standard InChI is InChI=1S/C24H37F3N2O2/c1-23(2,3)18-7-9-22(10-8-18)31-17-21(30)16-28-11-13-29(14-12-28)20-6-4-5-19(15-20)24(25,26)27/h4-6,15,18,21-22,30H,7-14,16-17H2,1-3H3/t18?,21-,22?/m1/s1. The summed E-state index contributed by atoms with van der Waals surface area (Å²) in [5, 5.41) is 10.4. The molecule has 1 saturated carbocycles. The van der Waals surface area contributed by atoms with E-state index in [0.717, 1.165) is 24.8 Å². The Bertz CT molecular complexity index is 689. The van der Waals surface area contributed by atoms with E-state index in [9.17, 15) is 18.3 Å². The fourth-order valence-electron chi connectivity index (χ4n) is 4.76. The van der Waals surface area contributed by atoms with E-state index in [4.69, 9.17) is 4.74 Å². The number of aliphatic hydroxyl groups is 1. The molecular weight excluding hydrogens is 405 g/mol. The van der Waals surface area contributed by atoms with Gasteiger partial charge in [0.25, 0.3) is 0 Å². The van der Waals surface area contributed by atoms with Crippen LogP contribution in [0.15, 0.2) is 24.3 Å². The number of hydrogen-bond acceptors (Lipinski definition) is 4. The summed E-state index contributed by atoms with van der Waals surface area (Å²) in [6.45, 7) is 10.5. The Kier molecular flexibility index (Phi) is 7.92. The van der Waals surface area contributed by atoms with Crippen LogP contribution in [0.3, 0.4) is 0 Å². The van der Waals surface area contributed by atoms with Crippen LogP contribution in [0.1, 0.15) is 52.0 Å². The minimum absolute atomic E-state index is 0.242. The molecule has 0 amide bonds. The zero-order valence-electron chi connectivity index (χ0n) is 19.0. The van der Waals surface area contributed by atoms with Crippen molar-refractivity contribution >= 4 is 5.69 Å². The summed E-state index contributed by atoms with van der Waals surface area (Å²) >= 11 is 0. The summed E-state index contributed by atoms with van der Waals surface area (Å²) in [6.07, 6.45) is -0.141. The molecule has 0 unspecified atom stereocenters. The van der Waals surface area contributed by atoms with Gasteiger partial charge in [-0.1, -0.05) is 26.8 Å². The van der Waals surface area contributed by atoms with Crippen molar-refractivity contribution < 1.29 is 23.0 Å². The Labute approximate surface area is 184 Å². The highest BCUT2D eigenvalue weighted by molar-refractivity contribution is 5.49. The number of alkyl halides is 3. The fourth-order valence-corrected chi connectivity index (χ4v) is 4.76. The highest BCUT2D eigenvalue weighted by Crippen LogP contribution is 2.38. The van der Waals surface area contributed by atoms with Gasteiger partial charge < -0.3 is 14.7 Å². The second-order valence-electron chi connectivity index (χ2n) is 10.2. The first-order valence-corrected chi connectivity index (χ1v) is 11.5. The van der Waals surface area contributed by atoms with Crippen molar-refractivity contribution in [3.63, 3.8) is 0 Å². The van der Waals surface area contributed by atoms with Crippen LogP contribution in [0.5, 0.6) is 0 Å². The van der Waals surface area contributed by atoms with Gasteiger partial charge in [-0.2, -0.15) is 13.2 Å². The fraction of sp³-hybridized carbons (Fsp3) is 0.750. The normalized spacial score (nSPS) is 24.9. The Morgan fingerprint density at radius 2 is 1.68 bits per heavy atom. The van der Waals surface area contributed by atoms with Crippen LogP contribution in [-0.2, 0) is 10.9 Å². The number of piperazine rings is 1. The van der Waals surface area contributed by atoms with Gasteiger partial charge >= 0.3 is 6.18 Å². The van der Waals surface area contributed by atoms with Crippen LogP contribution in [-0.4, -0.2) is 61.5 Å². The zero-order chi connectivity index (χ0) is 22.6. The Balaban J connectivity index is 1.37. The van der Waals surface area contributed by atoms with E-state index in [0.29, 0.717) is 50.4 Å². The Morgan fingerprint density at radius 3 is 2.26 bits per heavy atom. The van der Waals surface area contributed by atoms with Gasteiger partial charge in [0.05, 0.1) is 24.4 Å². The van der Waals surface area contributed by atoms with Crippen LogP contribution < -0.4 is 4.90 Å². The third-order valence-corrected chi connectivity index (χ3v) is 6.80. The van der Waals surface area contributed by atoms with Crippen molar-refractivity contribution in [2.75, 3.05) is 44.2 Å². The molecule has 1 saturated heterocycles. The highest BCUT2D eigenvalue weighted by Gasteiger charge is 2.32. The lowest BCUT2D eigenvalue weighted by atomic mass is 9.72. The number of rotatable bonds is 6. The third kappa shape index (κ3) is 7.09. The van der Waals surface area contributed by atoms with Crippen LogP contribution >= 0.6 is 0 Å². The van der Waals surface area contributed by atoms with Crippen molar-refractivity contribution in [3.8, 4) is 0 Å². The van der Waals surface area contributed by atoms with Crippen molar-refractivity contribution in [1.29, 1.82) is 0 Å². The monoisotopic (exact) mass is 442 g/mol. The first-order chi connectivity index (χ1) is 14.5. The van der Waals surface area contributed by atoms with E-state index >= 15 is 0 Å². The first kappa shape index (κ1) is 24.3. The Hall–Kier alpha value is -1.31. The van der Waals surface area contributed by atoms with Gasteiger partial charge in [-0.05, 0) is 55.2 Å². The van der Waals surface area contributed by atoms with Gasteiger partial charge in [0.15, 0.2) is 0 Å². The van der Waals surface area contributed by atoms with Crippen LogP contribution in [0, 0.1) is 11.3 Å². The molecule has 1 N–H and O–H groups in total. The summed E-state index contributed by atoms with van der Waals surface area (Å²) in [7, 11) is 0. The molecule has 1 atom stereocenters. The van der Waals surface area contributed by atoms with Gasteiger partial charge in [0, 0.05) is 38.4 Å². The third-order valence-electron chi connectivity index (χ3n) is 6.80. The lowest BCUT2D eigenvalue weighted by Gasteiger charge is -2.38. The molecule has 0 spiro atoms. The lowest BCUT2D eigenvalue weighted by molar-refractivity contribution is -0.137. The van der Waals surface area contributed by atoms with Crippen molar-refractivity contribution in [2.45, 2.75) is 64.8 Å². The quantitative estimate of drug-likeness (QED) is 0.686. The number of aliphatic hydroxyl groups excluding tert-OH is 1. The second-order valence-corrected chi connectivity index (χ2v) is 10.2. The summed E-state index contributed by atoms with van der Waals surface area (Å²) in [5.74, 6) is 0.741. The molecule has 0 bridgehead atoms. The number of β-amino-alcohol motifs (C(OH)–C–C–N with tert-alkyl or cyclic N) is 1. The van der Waals surface area contributed by atoms with Gasteiger partial charge in [-0.25, -0.2) is 0 Å². The molecular formula is C24H37F3N2O2. The zero-order valence-corrected chi connectivity index (χ0v) is 19.0. The maximum absolute atomic E-state index is 13.0.